The Hall–Kier alpha value is -3.45. The minimum Gasteiger partial charge on any atom is -0.384 e. The van der Waals surface area contributed by atoms with Gasteiger partial charge < -0.3 is 11.1 Å². The molecule has 28 heavy (non-hydrogen) atoms. The van der Waals surface area contributed by atoms with Crippen LogP contribution < -0.4 is 11.1 Å². The quantitative estimate of drug-likeness (QED) is 0.491. The van der Waals surface area contributed by atoms with Gasteiger partial charge in [-0.25, -0.2) is 9.37 Å². The van der Waals surface area contributed by atoms with Crippen molar-refractivity contribution in [2.24, 2.45) is 0 Å². The number of halogens is 1. The molecular weight excluding hydrogens is 373 g/mol. The molecule has 0 fully saturated rings. The van der Waals surface area contributed by atoms with E-state index in [0.717, 1.165) is 21.8 Å². The Morgan fingerprint density at radius 2 is 1.54 bits per heavy atom. The standard InChI is InChI=1S/C21H16FN5S/c22-18-11-15(1-2-20(18)28-17-5-9-25-10-6-17)26-16-12-19(27-21(23)13-16)14-3-7-24-8-4-14/h1-13H,(H3,23,26,27). The molecule has 0 aliphatic heterocycles. The maximum atomic E-state index is 14.5. The van der Waals surface area contributed by atoms with Gasteiger partial charge in [-0.1, -0.05) is 11.8 Å². The van der Waals surface area contributed by atoms with Crippen molar-refractivity contribution >= 4 is 29.0 Å². The molecule has 0 aliphatic carbocycles. The Morgan fingerprint density at radius 3 is 2.25 bits per heavy atom. The van der Waals surface area contributed by atoms with Crippen molar-refractivity contribution in [3.05, 3.63) is 85.2 Å². The van der Waals surface area contributed by atoms with Crippen molar-refractivity contribution < 1.29 is 4.39 Å². The van der Waals surface area contributed by atoms with E-state index < -0.39 is 0 Å². The van der Waals surface area contributed by atoms with Gasteiger partial charge in [-0.2, -0.15) is 0 Å². The summed E-state index contributed by atoms with van der Waals surface area (Å²) in [6.45, 7) is 0. The van der Waals surface area contributed by atoms with E-state index in [2.05, 4.69) is 20.3 Å². The predicted molar refractivity (Wildman–Crippen MR) is 110 cm³/mol. The van der Waals surface area contributed by atoms with E-state index in [0.29, 0.717) is 16.4 Å². The van der Waals surface area contributed by atoms with Gasteiger partial charge in [0, 0.05) is 57.6 Å². The Morgan fingerprint density at radius 1 is 0.821 bits per heavy atom. The third-order valence-corrected chi connectivity index (χ3v) is 4.98. The first-order valence-corrected chi connectivity index (χ1v) is 9.31. The van der Waals surface area contributed by atoms with Crippen molar-refractivity contribution in [1.29, 1.82) is 0 Å². The lowest BCUT2D eigenvalue weighted by atomic mass is 10.1. The number of benzene rings is 1. The first-order valence-electron chi connectivity index (χ1n) is 8.50. The summed E-state index contributed by atoms with van der Waals surface area (Å²) in [7, 11) is 0. The van der Waals surface area contributed by atoms with E-state index in [-0.39, 0.29) is 5.82 Å². The summed E-state index contributed by atoms with van der Waals surface area (Å²) in [6, 6.07) is 16.0. The molecule has 1 aromatic carbocycles. The largest absolute Gasteiger partial charge is 0.384 e. The highest BCUT2D eigenvalue weighted by Gasteiger charge is 2.08. The normalized spacial score (nSPS) is 10.6. The van der Waals surface area contributed by atoms with Gasteiger partial charge in [0.15, 0.2) is 0 Å². The van der Waals surface area contributed by atoms with Gasteiger partial charge in [0.2, 0.25) is 0 Å². The number of nitrogens with zero attached hydrogens (tertiary/aromatic N) is 3. The van der Waals surface area contributed by atoms with E-state index in [1.807, 2.05) is 36.4 Å². The Bertz CT molecular complexity index is 1090. The molecular formula is C21H16FN5S. The fourth-order valence-corrected chi connectivity index (χ4v) is 3.46. The van der Waals surface area contributed by atoms with Crippen LogP contribution in [0.25, 0.3) is 11.3 Å². The molecule has 0 unspecified atom stereocenters. The zero-order chi connectivity index (χ0) is 19.3. The lowest BCUT2D eigenvalue weighted by Crippen LogP contribution is -1.98. The van der Waals surface area contributed by atoms with Gasteiger partial charge in [-0.3, -0.25) is 9.97 Å². The van der Waals surface area contributed by atoms with Crippen LogP contribution in [0, 0.1) is 5.82 Å². The average molecular weight is 389 g/mol. The van der Waals surface area contributed by atoms with Crippen LogP contribution in [-0.4, -0.2) is 15.0 Å². The summed E-state index contributed by atoms with van der Waals surface area (Å²) in [5.41, 5.74) is 8.92. The highest BCUT2D eigenvalue weighted by Crippen LogP contribution is 2.32. The summed E-state index contributed by atoms with van der Waals surface area (Å²) in [5.74, 6) is 0.0744. The Kier molecular flexibility index (Phi) is 5.16. The minimum absolute atomic E-state index is 0.303. The highest BCUT2D eigenvalue weighted by molar-refractivity contribution is 7.99. The lowest BCUT2D eigenvalue weighted by molar-refractivity contribution is 0.602. The smallest absolute Gasteiger partial charge is 0.139 e. The van der Waals surface area contributed by atoms with Crippen LogP contribution in [0.15, 0.2) is 89.2 Å². The summed E-state index contributed by atoms with van der Waals surface area (Å²) in [4.78, 5) is 13.8. The van der Waals surface area contributed by atoms with Gasteiger partial charge in [-0.05, 0) is 48.5 Å². The molecule has 4 aromatic rings. The van der Waals surface area contributed by atoms with E-state index in [1.165, 1.54) is 17.8 Å². The predicted octanol–water partition coefficient (Wildman–Crippen LogP) is 5.15. The van der Waals surface area contributed by atoms with Crippen molar-refractivity contribution in [3.63, 3.8) is 0 Å². The maximum Gasteiger partial charge on any atom is 0.139 e. The van der Waals surface area contributed by atoms with Gasteiger partial charge in [0.1, 0.15) is 11.6 Å². The molecule has 0 spiro atoms. The van der Waals surface area contributed by atoms with Crippen LogP contribution in [0.4, 0.5) is 21.6 Å². The van der Waals surface area contributed by atoms with E-state index in [1.54, 1.807) is 36.9 Å². The molecule has 0 saturated heterocycles. The van der Waals surface area contributed by atoms with Crippen LogP contribution in [0.1, 0.15) is 0 Å². The third kappa shape index (κ3) is 4.27. The van der Waals surface area contributed by atoms with Gasteiger partial charge in [0.05, 0.1) is 5.69 Å². The molecule has 0 amide bonds. The number of nitrogens with one attached hydrogen (secondary N) is 1. The summed E-state index contributed by atoms with van der Waals surface area (Å²) in [5, 5.41) is 3.19. The van der Waals surface area contributed by atoms with E-state index in [9.17, 15) is 4.39 Å². The SMILES string of the molecule is Nc1cc(Nc2ccc(Sc3ccncc3)c(F)c2)cc(-c2ccncc2)n1. The van der Waals surface area contributed by atoms with E-state index in [4.69, 9.17) is 5.73 Å². The molecule has 3 N–H and O–H groups in total. The zero-order valence-electron chi connectivity index (χ0n) is 14.7. The number of pyridine rings is 3. The van der Waals surface area contributed by atoms with Crippen LogP contribution in [0.3, 0.4) is 0 Å². The van der Waals surface area contributed by atoms with Crippen LogP contribution in [0.2, 0.25) is 0 Å². The fourth-order valence-electron chi connectivity index (χ4n) is 2.66. The van der Waals surface area contributed by atoms with Gasteiger partial charge >= 0.3 is 0 Å². The van der Waals surface area contributed by atoms with Gasteiger partial charge in [-0.15, -0.1) is 0 Å². The molecule has 3 heterocycles. The summed E-state index contributed by atoms with van der Waals surface area (Å²) >= 11 is 1.35. The second-order valence-corrected chi connectivity index (χ2v) is 7.07. The molecule has 0 aliphatic rings. The zero-order valence-corrected chi connectivity index (χ0v) is 15.5. The number of anilines is 3. The molecule has 4 rings (SSSR count). The van der Waals surface area contributed by atoms with Crippen molar-refractivity contribution in [2.75, 3.05) is 11.1 Å². The second kappa shape index (κ2) is 8.06. The first-order chi connectivity index (χ1) is 13.7. The lowest BCUT2D eigenvalue weighted by Gasteiger charge is -2.11. The number of hydrogen-bond donors (Lipinski definition) is 2. The molecule has 0 atom stereocenters. The molecule has 0 radical (unpaired) electrons. The molecule has 7 heteroatoms. The minimum atomic E-state index is -0.303. The number of hydrogen-bond acceptors (Lipinski definition) is 6. The number of nitrogens with two attached hydrogens (primary N) is 1. The van der Waals surface area contributed by atoms with Crippen molar-refractivity contribution in [3.8, 4) is 11.3 Å². The molecule has 138 valence electrons. The average Bonchev–Trinajstić information content (AvgIpc) is 2.71. The first kappa shape index (κ1) is 17.9. The third-order valence-electron chi connectivity index (χ3n) is 3.92. The van der Waals surface area contributed by atoms with Crippen molar-refractivity contribution in [2.45, 2.75) is 9.79 Å². The Labute approximate surface area is 165 Å². The second-order valence-electron chi connectivity index (χ2n) is 5.96. The number of nitrogen functional groups attached to an aromatic ring is 1. The maximum absolute atomic E-state index is 14.5. The summed E-state index contributed by atoms with van der Waals surface area (Å²) in [6.07, 6.45) is 6.76. The topological polar surface area (TPSA) is 76.7 Å². The molecule has 5 nitrogen and oxygen atoms in total. The summed E-state index contributed by atoms with van der Waals surface area (Å²) < 4.78 is 14.5. The number of rotatable bonds is 5. The van der Waals surface area contributed by atoms with Gasteiger partial charge in [0.25, 0.3) is 0 Å². The van der Waals surface area contributed by atoms with Crippen LogP contribution in [0.5, 0.6) is 0 Å². The fraction of sp³-hybridized carbons (Fsp3) is 0. The molecule has 0 bridgehead atoms. The number of aromatic nitrogens is 3. The monoisotopic (exact) mass is 389 g/mol. The van der Waals surface area contributed by atoms with Crippen molar-refractivity contribution in [1.82, 2.24) is 15.0 Å². The Balaban J connectivity index is 1.56. The molecule has 0 saturated carbocycles. The highest BCUT2D eigenvalue weighted by atomic mass is 32.2. The van der Waals surface area contributed by atoms with Crippen LogP contribution in [-0.2, 0) is 0 Å². The van der Waals surface area contributed by atoms with Crippen LogP contribution >= 0.6 is 11.8 Å². The van der Waals surface area contributed by atoms with E-state index >= 15 is 0 Å². The molecule has 3 aromatic heterocycles.